The first-order chi connectivity index (χ1) is 9.81. The second kappa shape index (κ2) is 8.71. The van der Waals surface area contributed by atoms with Gasteiger partial charge in [-0.15, -0.1) is 0 Å². The quantitative estimate of drug-likeness (QED) is 0.728. The zero-order valence-electron chi connectivity index (χ0n) is 14.4. The van der Waals surface area contributed by atoms with Gasteiger partial charge in [-0.05, 0) is 25.3 Å². The molecule has 0 spiro atoms. The van der Waals surface area contributed by atoms with E-state index < -0.39 is 0 Å². The highest BCUT2D eigenvalue weighted by atomic mass is 16.2. The summed E-state index contributed by atoms with van der Waals surface area (Å²) in [5.41, 5.74) is 5.94. The number of amides is 1. The van der Waals surface area contributed by atoms with Crippen LogP contribution in [0.15, 0.2) is 0 Å². The summed E-state index contributed by atoms with van der Waals surface area (Å²) < 4.78 is 0. The highest BCUT2D eigenvalue weighted by Crippen LogP contribution is 2.13. The summed E-state index contributed by atoms with van der Waals surface area (Å²) >= 11 is 0. The summed E-state index contributed by atoms with van der Waals surface area (Å²) in [6.45, 7) is 13.7. The van der Waals surface area contributed by atoms with Crippen molar-refractivity contribution in [2.24, 2.45) is 17.6 Å². The van der Waals surface area contributed by atoms with Crippen LogP contribution in [-0.4, -0.2) is 67.6 Å². The lowest BCUT2D eigenvalue weighted by atomic mass is 10.0. The molecule has 5 nitrogen and oxygen atoms in total. The van der Waals surface area contributed by atoms with Crippen molar-refractivity contribution in [1.82, 2.24) is 15.1 Å². The van der Waals surface area contributed by atoms with Crippen molar-refractivity contribution in [2.75, 3.05) is 39.8 Å². The second-order valence-corrected chi connectivity index (χ2v) is 7.13. The van der Waals surface area contributed by atoms with Crippen LogP contribution >= 0.6 is 0 Å². The van der Waals surface area contributed by atoms with Gasteiger partial charge in [0.1, 0.15) is 0 Å². The maximum Gasteiger partial charge on any atom is 0.236 e. The smallest absolute Gasteiger partial charge is 0.236 e. The third kappa shape index (κ3) is 6.32. The summed E-state index contributed by atoms with van der Waals surface area (Å²) in [5.74, 6) is 0.961. The molecule has 2 unspecified atom stereocenters. The van der Waals surface area contributed by atoms with Gasteiger partial charge in [-0.3, -0.25) is 9.69 Å². The molecule has 1 aliphatic heterocycles. The molecule has 124 valence electrons. The number of carbonyl (C=O) groups is 1. The van der Waals surface area contributed by atoms with Crippen LogP contribution in [0.5, 0.6) is 0 Å². The van der Waals surface area contributed by atoms with E-state index in [9.17, 15) is 4.79 Å². The minimum atomic E-state index is -0.384. The van der Waals surface area contributed by atoms with Crippen molar-refractivity contribution in [3.63, 3.8) is 0 Å². The normalized spacial score (nSPS) is 20.8. The molecule has 1 amide bonds. The zero-order chi connectivity index (χ0) is 16.0. The van der Waals surface area contributed by atoms with E-state index in [1.54, 1.807) is 0 Å². The molecule has 3 N–H and O–H groups in total. The Labute approximate surface area is 130 Å². The van der Waals surface area contributed by atoms with Gasteiger partial charge in [-0.25, -0.2) is 0 Å². The Morgan fingerprint density at radius 3 is 2.19 bits per heavy atom. The summed E-state index contributed by atoms with van der Waals surface area (Å²) in [4.78, 5) is 16.9. The van der Waals surface area contributed by atoms with Crippen LogP contribution in [0.1, 0.15) is 34.1 Å². The number of nitrogens with zero attached hydrogens (tertiary/aromatic N) is 2. The Morgan fingerprint density at radius 1 is 1.14 bits per heavy atom. The van der Waals surface area contributed by atoms with Crippen molar-refractivity contribution in [2.45, 2.75) is 46.2 Å². The van der Waals surface area contributed by atoms with Gasteiger partial charge in [-0.1, -0.05) is 27.7 Å². The van der Waals surface area contributed by atoms with Crippen molar-refractivity contribution in [3.05, 3.63) is 0 Å². The van der Waals surface area contributed by atoms with Crippen molar-refractivity contribution in [3.8, 4) is 0 Å². The predicted molar refractivity (Wildman–Crippen MR) is 88.1 cm³/mol. The average Bonchev–Trinajstić information content (AvgIpc) is 2.39. The van der Waals surface area contributed by atoms with Crippen LogP contribution in [0.2, 0.25) is 0 Å². The summed E-state index contributed by atoms with van der Waals surface area (Å²) in [6, 6.07) is 0.0131. The number of hydrogen-bond acceptors (Lipinski definition) is 4. The van der Waals surface area contributed by atoms with Crippen LogP contribution in [0, 0.1) is 11.8 Å². The molecule has 0 aromatic heterocycles. The van der Waals surface area contributed by atoms with Crippen molar-refractivity contribution < 1.29 is 4.79 Å². The Morgan fingerprint density at radius 2 is 1.71 bits per heavy atom. The molecule has 0 aliphatic carbocycles. The minimum absolute atomic E-state index is 0.0107. The molecule has 5 heteroatoms. The zero-order valence-corrected chi connectivity index (χ0v) is 14.4. The van der Waals surface area contributed by atoms with E-state index in [1.807, 2.05) is 0 Å². The van der Waals surface area contributed by atoms with Crippen LogP contribution in [0.25, 0.3) is 0 Å². The lowest BCUT2D eigenvalue weighted by Crippen LogP contribution is -2.55. The standard InChI is InChI=1S/C16H34N4O/c1-12(2)10-14(17)16(21)18-11-15(13(3)4)20-8-6-19(5)7-9-20/h12-15H,6-11,17H2,1-5H3,(H,18,21). The SMILES string of the molecule is CC(C)CC(N)C(=O)NCC(C(C)C)N1CCN(C)CC1. The van der Waals surface area contributed by atoms with E-state index in [0.29, 0.717) is 24.4 Å². The molecule has 0 saturated carbocycles. The Bertz CT molecular complexity index is 311. The predicted octanol–water partition coefficient (Wildman–Crippen LogP) is 0.748. The Balaban J connectivity index is 2.46. The summed E-state index contributed by atoms with van der Waals surface area (Å²) in [7, 11) is 2.16. The largest absolute Gasteiger partial charge is 0.353 e. The fourth-order valence-corrected chi connectivity index (χ4v) is 2.89. The molecule has 21 heavy (non-hydrogen) atoms. The minimum Gasteiger partial charge on any atom is -0.353 e. The van der Waals surface area contributed by atoms with Crippen LogP contribution in [-0.2, 0) is 4.79 Å². The number of carbonyl (C=O) groups excluding carboxylic acids is 1. The fraction of sp³-hybridized carbons (Fsp3) is 0.938. The molecule has 0 bridgehead atoms. The van der Waals surface area contributed by atoms with Gasteiger partial charge >= 0.3 is 0 Å². The van der Waals surface area contributed by atoms with Gasteiger partial charge in [-0.2, -0.15) is 0 Å². The van der Waals surface area contributed by atoms with Crippen LogP contribution < -0.4 is 11.1 Å². The molecule has 1 heterocycles. The first kappa shape index (κ1) is 18.4. The number of piperazine rings is 1. The van der Waals surface area contributed by atoms with Gasteiger partial charge < -0.3 is 16.0 Å². The number of likely N-dealkylation sites (N-methyl/N-ethyl adjacent to an activating group) is 1. The maximum atomic E-state index is 12.1. The van der Waals surface area contributed by atoms with E-state index in [1.165, 1.54) is 0 Å². The lowest BCUT2D eigenvalue weighted by molar-refractivity contribution is -0.123. The molecule has 1 fully saturated rings. The molecular formula is C16H34N4O. The third-order valence-electron chi connectivity index (χ3n) is 4.32. The number of hydrogen-bond donors (Lipinski definition) is 2. The first-order valence-electron chi connectivity index (χ1n) is 8.27. The van der Waals surface area contributed by atoms with Crippen LogP contribution in [0.3, 0.4) is 0 Å². The van der Waals surface area contributed by atoms with Crippen molar-refractivity contribution in [1.29, 1.82) is 0 Å². The molecule has 1 aliphatic rings. The van der Waals surface area contributed by atoms with Crippen LogP contribution in [0.4, 0.5) is 0 Å². The van der Waals surface area contributed by atoms with Gasteiger partial charge in [0.05, 0.1) is 6.04 Å². The van der Waals surface area contributed by atoms with Gasteiger partial charge in [0, 0.05) is 38.8 Å². The van der Waals surface area contributed by atoms with E-state index >= 15 is 0 Å². The molecule has 0 aromatic rings. The highest BCUT2D eigenvalue weighted by molar-refractivity contribution is 5.81. The monoisotopic (exact) mass is 298 g/mol. The topological polar surface area (TPSA) is 61.6 Å². The highest BCUT2D eigenvalue weighted by Gasteiger charge is 2.26. The van der Waals surface area contributed by atoms with E-state index in [2.05, 4.69) is 49.9 Å². The molecule has 2 atom stereocenters. The second-order valence-electron chi connectivity index (χ2n) is 7.13. The fourth-order valence-electron chi connectivity index (χ4n) is 2.89. The third-order valence-corrected chi connectivity index (χ3v) is 4.32. The lowest BCUT2D eigenvalue weighted by Gasteiger charge is -2.40. The number of rotatable bonds is 7. The number of nitrogens with one attached hydrogen (secondary N) is 1. The maximum absolute atomic E-state index is 12.1. The molecule has 1 saturated heterocycles. The van der Waals surface area contributed by atoms with E-state index in [-0.39, 0.29) is 11.9 Å². The van der Waals surface area contributed by atoms with Crippen molar-refractivity contribution >= 4 is 5.91 Å². The van der Waals surface area contributed by atoms with Gasteiger partial charge in [0.2, 0.25) is 5.91 Å². The molecule has 0 aromatic carbocycles. The molecular weight excluding hydrogens is 264 g/mol. The van der Waals surface area contributed by atoms with Gasteiger partial charge in [0.15, 0.2) is 0 Å². The Kier molecular flexibility index (Phi) is 7.63. The summed E-state index contributed by atoms with van der Waals surface area (Å²) in [6.07, 6.45) is 0.743. The molecule has 0 radical (unpaired) electrons. The summed E-state index contributed by atoms with van der Waals surface area (Å²) in [5, 5.41) is 3.06. The van der Waals surface area contributed by atoms with E-state index in [4.69, 9.17) is 5.73 Å². The molecule has 1 rings (SSSR count). The first-order valence-corrected chi connectivity index (χ1v) is 8.27. The number of nitrogens with two attached hydrogens (primary N) is 1. The average molecular weight is 298 g/mol. The van der Waals surface area contributed by atoms with Gasteiger partial charge in [0.25, 0.3) is 0 Å². The Hall–Kier alpha value is -0.650. The van der Waals surface area contributed by atoms with E-state index in [0.717, 1.165) is 32.6 Å².